The maximum atomic E-state index is 4.05. The standard InChI is InChI=1S/C11H16.C2H6/c1-3-4-8-11-9-6-5-7-10(11)2;1-2/h3-4,8H,2,5-7,9H2,1H3;1-2H3/b4-3-,11-8-;. The third-order valence-electron chi connectivity index (χ3n) is 2.12. The van der Waals surface area contributed by atoms with Crippen molar-refractivity contribution < 1.29 is 0 Å². The minimum atomic E-state index is 1.20. The highest BCUT2D eigenvalue weighted by Gasteiger charge is 2.07. The molecule has 0 atom stereocenters. The molecule has 0 aromatic heterocycles. The van der Waals surface area contributed by atoms with Crippen molar-refractivity contribution in [3.8, 4) is 0 Å². The highest BCUT2D eigenvalue weighted by molar-refractivity contribution is 5.32. The first-order valence-corrected chi connectivity index (χ1v) is 5.34. The van der Waals surface area contributed by atoms with E-state index in [1.54, 1.807) is 0 Å². The molecule has 1 rings (SSSR count). The highest BCUT2D eigenvalue weighted by atomic mass is 14.1. The molecule has 0 radical (unpaired) electrons. The second-order valence-electron chi connectivity index (χ2n) is 3.03. The van der Waals surface area contributed by atoms with Gasteiger partial charge in [0.15, 0.2) is 0 Å². The third-order valence-corrected chi connectivity index (χ3v) is 2.12. The molecule has 1 aliphatic rings. The first-order valence-electron chi connectivity index (χ1n) is 5.34. The van der Waals surface area contributed by atoms with Crippen LogP contribution in [0.25, 0.3) is 0 Å². The van der Waals surface area contributed by atoms with Gasteiger partial charge >= 0.3 is 0 Å². The second-order valence-corrected chi connectivity index (χ2v) is 3.03. The number of hydrogen-bond acceptors (Lipinski definition) is 0. The molecule has 0 bridgehead atoms. The summed E-state index contributed by atoms with van der Waals surface area (Å²) >= 11 is 0. The molecule has 74 valence electrons. The summed E-state index contributed by atoms with van der Waals surface area (Å²) in [5, 5.41) is 0. The van der Waals surface area contributed by atoms with E-state index in [2.05, 4.69) is 24.8 Å². The largest absolute Gasteiger partial charge is 0.0956 e. The van der Waals surface area contributed by atoms with Crippen LogP contribution in [0.3, 0.4) is 0 Å². The van der Waals surface area contributed by atoms with Crippen LogP contribution in [0.4, 0.5) is 0 Å². The lowest BCUT2D eigenvalue weighted by atomic mass is 9.90. The van der Waals surface area contributed by atoms with Crippen LogP contribution in [0.2, 0.25) is 0 Å². The molecule has 0 nitrogen and oxygen atoms in total. The van der Waals surface area contributed by atoms with Crippen molar-refractivity contribution in [3.05, 3.63) is 36.0 Å². The molecule has 0 amide bonds. The Kier molecular flexibility index (Phi) is 7.38. The smallest absolute Gasteiger partial charge is 0.0276 e. The van der Waals surface area contributed by atoms with Crippen LogP contribution in [0.15, 0.2) is 36.0 Å². The predicted octanol–water partition coefficient (Wildman–Crippen LogP) is 4.65. The molecule has 0 heterocycles. The zero-order valence-electron chi connectivity index (χ0n) is 9.27. The van der Waals surface area contributed by atoms with Crippen LogP contribution in [0.5, 0.6) is 0 Å². The van der Waals surface area contributed by atoms with Gasteiger partial charge in [0, 0.05) is 0 Å². The van der Waals surface area contributed by atoms with E-state index in [0.717, 1.165) is 0 Å². The van der Waals surface area contributed by atoms with Gasteiger partial charge in [0.2, 0.25) is 0 Å². The quantitative estimate of drug-likeness (QED) is 0.548. The molecule has 1 saturated carbocycles. The average molecular weight is 178 g/mol. The molecule has 0 N–H and O–H groups in total. The first kappa shape index (κ1) is 12.2. The molecule has 0 spiro atoms. The molecular formula is C13H22. The summed E-state index contributed by atoms with van der Waals surface area (Å²) in [7, 11) is 0. The summed E-state index contributed by atoms with van der Waals surface area (Å²) < 4.78 is 0. The average Bonchev–Trinajstić information content (AvgIpc) is 2.20. The summed E-state index contributed by atoms with van der Waals surface area (Å²) in [6.07, 6.45) is 11.4. The molecule has 0 saturated heterocycles. The Labute approximate surface area is 83.0 Å². The fraction of sp³-hybridized carbons (Fsp3) is 0.538. The summed E-state index contributed by atoms with van der Waals surface area (Å²) in [4.78, 5) is 0. The van der Waals surface area contributed by atoms with Gasteiger partial charge in [0.05, 0.1) is 0 Å². The third kappa shape index (κ3) is 4.72. The summed E-state index contributed by atoms with van der Waals surface area (Å²) in [5.41, 5.74) is 2.80. The van der Waals surface area contributed by atoms with Crippen molar-refractivity contribution in [1.29, 1.82) is 0 Å². The Morgan fingerprint density at radius 2 is 1.77 bits per heavy atom. The van der Waals surface area contributed by atoms with Crippen LogP contribution in [0.1, 0.15) is 46.5 Å². The van der Waals surface area contributed by atoms with Crippen molar-refractivity contribution in [3.63, 3.8) is 0 Å². The van der Waals surface area contributed by atoms with E-state index >= 15 is 0 Å². The Morgan fingerprint density at radius 1 is 1.15 bits per heavy atom. The zero-order chi connectivity index (χ0) is 10.1. The van der Waals surface area contributed by atoms with E-state index in [1.807, 2.05) is 20.8 Å². The van der Waals surface area contributed by atoms with Gasteiger partial charge in [-0.2, -0.15) is 0 Å². The normalized spacial score (nSPS) is 20.2. The van der Waals surface area contributed by atoms with Crippen molar-refractivity contribution in [2.75, 3.05) is 0 Å². The Hall–Kier alpha value is -0.780. The Balaban J connectivity index is 0.000000671. The van der Waals surface area contributed by atoms with E-state index in [-0.39, 0.29) is 0 Å². The topological polar surface area (TPSA) is 0 Å². The van der Waals surface area contributed by atoms with Crippen LogP contribution in [-0.2, 0) is 0 Å². The molecule has 0 heteroatoms. The molecule has 1 aliphatic carbocycles. The number of hydrogen-bond donors (Lipinski definition) is 0. The predicted molar refractivity (Wildman–Crippen MR) is 61.9 cm³/mol. The SMILES string of the molecule is C=C1CCCC/C1=C/C=C\C.CC. The van der Waals surface area contributed by atoms with Gasteiger partial charge in [-0.1, -0.05) is 44.2 Å². The molecule has 1 fully saturated rings. The minimum Gasteiger partial charge on any atom is -0.0956 e. The molecule has 0 aliphatic heterocycles. The van der Waals surface area contributed by atoms with Crippen LogP contribution >= 0.6 is 0 Å². The van der Waals surface area contributed by atoms with Gasteiger partial charge in [0.1, 0.15) is 0 Å². The molecule has 0 unspecified atom stereocenters. The van der Waals surface area contributed by atoms with E-state index in [4.69, 9.17) is 0 Å². The van der Waals surface area contributed by atoms with E-state index in [0.29, 0.717) is 0 Å². The van der Waals surface area contributed by atoms with Crippen LogP contribution in [-0.4, -0.2) is 0 Å². The van der Waals surface area contributed by atoms with E-state index in [9.17, 15) is 0 Å². The minimum absolute atomic E-state index is 1.20. The van der Waals surface area contributed by atoms with Gasteiger partial charge in [-0.05, 0) is 38.2 Å². The van der Waals surface area contributed by atoms with Gasteiger partial charge < -0.3 is 0 Å². The first-order chi connectivity index (χ1) is 6.34. The summed E-state index contributed by atoms with van der Waals surface area (Å²) in [6, 6.07) is 0. The zero-order valence-corrected chi connectivity index (χ0v) is 9.27. The lowest BCUT2D eigenvalue weighted by molar-refractivity contribution is 0.681. The monoisotopic (exact) mass is 178 g/mol. The van der Waals surface area contributed by atoms with Crippen molar-refractivity contribution >= 4 is 0 Å². The summed E-state index contributed by atoms with van der Waals surface area (Å²) in [5.74, 6) is 0. The lowest BCUT2D eigenvalue weighted by Gasteiger charge is -2.15. The van der Waals surface area contributed by atoms with Crippen molar-refractivity contribution in [2.45, 2.75) is 46.5 Å². The van der Waals surface area contributed by atoms with Gasteiger partial charge in [-0.25, -0.2) is 0 Å². The van der Waals surface area contributed by atoms with Crippen LogP contribution in [0, 0.1) is 0 Å². The Morgan fingerprint density at radius 3 is 2.31 bits per heavy atom. The number of allylic oxidation sites excluding steroid dienone is 5. The lowest BCUT2D eigenvalue weighted by Crippen LogP contribution is -1.96. The fourth-order valence-corrected chi connectivity index (χ4v) is 1.40. The molecule has 13 heavy (non-hydrogen) atoms. The van der Waals surface area contributed by atoms with Gasteiger partial charge in [-0.15, -0.1) is 0 Å². The molecule has 0 aromatic rings. The highest BCUT2D eigenvalue weighted by Crippen LogP contribution is 2.26. The second kappa shape index (κ2) is 7.85. The number of rotatable bonds is 1. The molecule has 0 aromatic carbocycles. The van der Waals surface area contributed by atoms with Crippen molar-refractivity contribution in [1.82, 2.24) is 0 Å². The van der Waals surface area contributed by atoms with Gasteiger partial charge in [0.25, 0.3) is 0 Å². The fourth-order valence-electron chi connectivity index (χ4n) is 1.40. The Bertz CT molecular complexity index is 194. The van der Waals surface area contributed by atoms with E-state index in [1.165, 1.54) is 36.8 Å². The summed E-state index contributed by atoms with van der Waals surface area (Å²) in [6.45, 7) is 10.1. The van der Waals surface area contributed by atoms with E-state index < -0.39 is 0 Å². The maximum absolute atomic E-state index is 4.05. The van der Waals surface area contributed by atoms with Crippen LogP contribution < -0.4 is 0 Å². The van der Waals surface area contributed by atoms with Gasteiger partial charge in [-0.3, -0.25) is 0 Å². The molecular weight excluding hydrogens is 156 g/mol. The maximum Gasteiger partial charge on any atom is -0.0276 e. The van der Waals surface area contributed by atoms with Crippen molar-refractivity contribution in [2.24, 2.45) is 0 Å².